The third kappa shape index (κ3) is 2.88. The normalized spacial score (nSPS) is 27.0. The van der Waals surface area contributed by atoms with Crippen LogP contribution in [-0.4, -0.2) is 59.5 Å². The summed E-state index contributed by atoms with van der Waals surface area (Å²) in [5, 5.41) is 9.71. The van der Waals surface area contributed by atoms with Crippen LogP contribution in [0.2, 0.25) is 0 Å². The van der Waals surface area contributed by atoms with Crippen LogP contribution in [0.3, 0.4) is 0 Å². The van der Waals surface area contributed by atoms with Gasteiger partial charge in [-0.2, -0.15) is 0 Å². The molecule has 2 saturated heterocycles. The Hall–Kier alpha value is -2.09. The third-order valence-corrected chi connectivity index (χ3v) is 5.48. The van der Waals surface area contributed by atoms with Gasteiger partial charge in [0.1, 0.15) is 5.82 Å². The van der Waals surface area contributed by atoms with Gasteiger partial charge in [-0.3, -0.25) is 9.59 Å². The van der Waals surface area contributed by atoms with Crippen LogP contribution in [0.1, 0.15) is 29.6 Å². The van der Waals surface area contributed by atoms with Crippen LogP contribution in [0.5, 0.6) is 0 Å². The fraction of sp³-hybridized carbons (Fsp3) is 0.529. The smallest absolute Gasteiger partial charge is 0.311 e. The first-order valence-corrected chi connectivity index (χ1v) is 8.14. The van der Waals surface area contributed by atoms with Crippen LogP contribution in [0, 0.1) is 22.9 Å². The number of nitrogens with zero attached hydrogens (tertiary/aromatic N) is 2. The molecular weight excluding hydrogens is 337 g/mol. The van der Waals surface area contributed by atoms with Crippen molar-refractivity contribution in [3.63, 3.8) is 0 Å². The highest BCUT2D eigenvalue weighted by molar-refractivity contribution is 5.94. The standard InChI is InChI=1S/C17H19F3N2O3/c1-21-5-2-3-17(16(24)25)4-6-22(9-14(17)21)15(23)10-7-12(19)13(20)8-11(10)18/h7-8,14H,2-6,9H2,1H3,(H,24,25)/t14-,17+/m1/s1. The predicted octanol–water partition coefficient (Wildman–Crippen LogP) is 2.11. The van der Waals surface area contributed by atoms with E-state index in [2.05, 4.69) is 0 Å². The van der Waals surface area contributed by atoms with Gasteiger partial charge >= 0.3 is 5.97 Å². The van der Waals surface area contributed by atoms with Crippen LogP contribution in [-0.2, 0) is 4.79 Å². The molecule has 0 aliphatic carbocycles. The van der Waals surface area contributed by atoms with Crippen molar-refractivity contribution in [2.24, 2.45) is 5.41 Å². The van der Waals surface area contributed by atoms with Crippen molar-refractivity contribution in [1.29, 1.82) is 0 Å². The first-order chi connectivity index (χ1) is 11.8. The molecule has 2 atom stereocenters. The molecule has 2 aliphatic rings. The number of rotatable bonds is 2. The van der Waals surface area contributed by atoms with Crippen LogP contribution in [0.4, 0.5) is 13.2 Å². The Morgan fingerprint density at radius 1 is 1.12 bits per heavy atom. The van der Waals surface area contributed by atoms with Crippen molar-refractivity contribution in [3.8, 4) is 0 Å². The van der Waals surface area contributed by atoms with Gasteiger partial charge in [0.15, 0.2) is 11.6 Å². The van der Waals surface area contributed by atoms with Crippen LogP contribution in [0.25, 0.3) is 0 Å². The molecule has 1 aromatic carbocycles. The number of piperidine rings is 2. The van der Waals surface area contributed by atoms with E-state index in [9.17, 15) is 27.9 Å². The maximum atomic E-state index is 13.9. The molecule has 3 rings (SSSR count). The van der Waals surface area contributed by atoms with Gasteiger partial charge in [-0.05, 0) is 38.9 Å². The Labute approximate surface area is 143 Å². The number of fused-ring (bicyclic) bond motifs is 1. The number of carbonyl (C=O) groups is 2. The summed E-state index contributed by atoms with van der Waals surface area (Å²) in [6.45, 7) is 0.954. The van der Waals surface area contributed by atoms with E-state index < -0.39 is 46.3 Å². The second-order valence-electron chi connectivity index (χ2n) is 6.81. The van der Waals surface area contributed by atoms with E-state index in [1.54, 1.807) is 7.05 Å². The SMILES string of the molecule is CN1CCC[C@]2(C(=O)O)CCN(C(=O)c3cc(F)c(F)cc3F)C[C@@H]12. The Balaban J connectivity index is 1.87. The summed E-state index contributed by atoms with van der Waals surface area (Å²) in [5.41, 5.74) is -1.48. The first-order valence-electron chi connectivity index (χ1n) is 8.14. The number of benzene rings is 1. The van der Waals surface area contributed by atoms with Crippen molar-refractivity contribution in [1.82, 2.24) is 9.80 Å². The molecule has 0 spiro atoms. The average Bonchev–Trinajstić information content (AvgIpc) is 2.57. The maximum absolute atomic E-state index is 13.9. The van der Waals surface area contributed by atoms with E-state index in [-0.39, 0.29) is 19.5 Å². The lowest BCUT2D eigenvalue weighted by molar-refractivity contribution is -0.161. The number of carbonyl (C=O) groups excluding carboxylic acids is 1. The number of amides is 1. The van der Waals surface area contributed by atoms with Gasteiger partial charge in [0.05, 0.1) is 11.0 Å². The molecule has 1 N–H and O–H groups in total. The van der Waals surface area contributed by atoms with Gasteiger partial charge in [0.2, 0.25) is 0 Å². The second kappa shape index (κ2) is 6.33. The lowest BCUT2D eigenvalue weighted by Crippen LogP contribution is -2.63. The third-order valence-electron chi connectivity index (χ3n) is 5.48. The Kier molecular flexibility index (Phi) is 4.49. The van der Waals surface area contributed by atoms with Crippen LogP contribution in [0.15, 0.2) is 12.1 Å². The monoisotopic (exact) mass is 356 g/mol. The van der Waals surface area contributed by atoms with E-state index in [4.69, 9.17) is 0 Å². The zero-order chi connectivity index (χ0) is 18.4. The molecule has 2 fully saturated rings. The molecular formula is C17H19F3N2O3. The zero-order valence-corrected chi connectivity index (χ0v) is 13.8. The van der Waals surface area contributed by atoms with E-state index in [0.29, 0.717) is 25.1 Å². The van der Waals surface area contributed by atoms with Gasteiger partial charge in [-0.15, -0.1) is 0 Å². The highest BCUT2D eigenvalue weighted by Gasteiger charge is 2.52. The van der Waals surface area contributed by atoms with Crippen molar-refractivity contribution in [3.05, 3.63) is 35.1 Å². The molecule has 0 saturated carbocycles. The summed E-state index contributed by atoms with van der Waals surface area (Å²) in [7, 11) is 1.80. The lowest BCUT2D eigenvalue weighted by atomic mass is 9.68. The molecule has 5 nitrogen and oxygen atoms in total. The topological polar surface area (TPSA) is 60.9 Å². The lowest BCUT2D eigenvalue weighted by Gasteiger charge is -2.51. The second-order valence-corrected chi connectivity index (χ2v) is 6.81. The molecule has 0 aromatic heterocycles. The molecule has 0 radical (unpaired) electrons. The number of aliphatic carboxylic acids is 1. The number of carboxylic acids is 1. The van der Waals surface area contributed by atoms with Crippen molar-refractivity contribution in [2.45, 2.75) is 25.3 Å². The van der Waals surface area contributed by atoms with E-state index in [1.165, 1.54) is 4.90 Å². The van der Waals surface area contributed by atoms with Crippen molar-refractivity contribution >= 4 is 11.9 Å². The number of likely N-dealkylation sites (tertiary alicyclic amines) is 2. The Morgan fingerprint density at radius 2 is 1.80 bits per heavy atom. The summed E-state index contributed by atoms with van der Waals surface area (Å²) in [4.78, 5) is 27.7. The van der Waals surface area contributed by atoms with Crippen molar-refractivity contribution < 1.29 is 27.9 Å². The fourth-order valence-corrected chi connectivity index (χ4v) is 4.03. The molecule has 0 unspecified atom stereocenters. The first kappa shape index (κ1) is 17.7. The molecule has 1 amide bonds. The minimum absolute atomic E-state index is 0.111. The van der Waals surface area contributed by atoms with E-state index in [1.807, 2.05) is 4.90 Å². The van der Waals surface area contributed by atoms with Gasteiger partial charge in [-0.1, -0.05) is 0 Å². The molecule has 136 valence electrons. The minimum Gasteiger partial charge on any atom is -0.481 e. The van der Waals surface area contributed by atoms with E-state index >= 15 is 0 Å². The summed E-state index contributed by atoms with van der Waals surface area (Å²) < 4.78 is 40.3. The maximum Gasteiger partial charge on any atom is 0.311 e. The van der Waals surface area contributed by atoms with Gasteiger partial charge < -0.3 is 14.9 Å². The fourth-order valence-electron chi connectivity index (χ4n) is 4.03. The van der Waals surface area contributed by atoms with Crippen LogP contribution < -0.4 is 0 Å². The summed E-state index contributed by atoms with van der Waals surface area (Å²) in [6, 6.07) is 0.502. The summed E-state index contributed by atoms with van der Waals surface area (Å²) >= 11 is 0. The predicted molar refractivity (Wildman–Crippen MR) is 82.6 cm³/mol. The highest BCUT2D eigenvalue weighted by Crippen LogP contribution is 2.42. The molecule has 1 aromatic rings. The number of hydrogen-bond donors (Lipinski definition) is 1. The van der Waals surface area contributed by atoms with Crippen molar-refractivity contribution in [2.75, 3.05) is 26.7 Å². The average molecular weight is 356 g/mol. The number of hydrogen-bond acceptors (Lipinski definition) is 3. The molecule has 25 heavy (non-hydrogen) atoms. The zero-order valence-electron chi connectivity index (χ0n) is 13.8. The van der Waals surface area contributed by atoms with E-state index in [0.717, 1.165) is 6.42 Å². The summed E-state index contributed by atoms with van der Waals surface area (Å²) in [5.74, 6) is -5.43. The van der Waals surface area contributed by atoms with Gasteiger partial charge in [0.25, 0.3) is 5.91 Å². The van der Waals surface area contributed by atoms with Gasteiger partial charge in [-0.25, -0.2) is 13.2 Å². The Morgan fingerprint density at radius 3 is 2.48 bits per heavy atom. The largest absolute Gasteiger partial charge is 0.481 e. The van der Waals surface area contributed by atoms with Crippen LogP contribution >= 0.6 is 0 Å². The minimum atomic E-state index is -1.36. The van der Waals surface area contributed by atoms with Gasteiger partial charge in [0, 0.05) is 25.2 Å². The quantitative estimate of drug-likeness (QED) is 0.825. The number of likely N-dealkylation sites (N-methyl/N-ethyl adjacent to an activating group) is 1. The molecule has 2 heterocycles. The molecule has 8 heteroatoms. The molecule has 0 bridgehead atoms. The highest BCUT2D eigenvalue weighted by atomic mass is 19.2. The Bertz CT molecular complexity index is 727. The number of halogens is 3. The number of carboxylic acid groups (broad SMARTS) is 1. The molecule has 2 aliphatic heterocycles. The summed E-state index contributed by atoms with van der Waals surface area (Å²) in [6.07, 6.45) is 1.53.